The van der Waals surface area contributed by atoms with Crippen molar-refractivity contribution in [2.45, 2.75) is 42.7 Å². The largest absolute Gasteiger partial charge is 0.493 e. The third kappa shape index (κ3) is 7.43. The average molecular weight is 812 g/mol. The zero-order chi connectivity index (χ0) is 40.0. The number of benzene rings is 5. The lowest BCUT2D eigenvalue weighted by atomic mass is 9.87. The fourth-order valence-corrected chi connectivity index (χ4v) is 9.47. The maximum absolute atomic E-state index is 13.9. The van der Waals surface area contributed by atoms with Gasteiger partial charge in [0.05, 0.1) is 39.0 Å². The second-order valence-corrected chi connectivity index (χ2v) is 16.8. The summed E-state index contributed by atoms with van der Waals surface area (Å²) >= 11 is 6.12. The van der Waals surface area contributed by atoms with Crippen molar-refractivity contribution in [1.82, 2.24) is 9.80 Å². The van der Waals surface area contributed by atoms with E-state index in [4.69, 9.17) is 40.0 Å². The Balaban J connectivity index is 1.36. The van der Waals surface area contributed by atoms with Crippen LogP contribution in [0.15, 0.2) is 83.8 Å². The first kappa shape index (κ1) is 38.7. The van der Waals surface area contributed by atoms with Crippen molar-refractivity contribution in [1.29, 1.82) is 0 Å². The molecule has 0 spiro atoms. The summed E-state index contributed by atoms with van der Waals surface area (Å²) in [6.07, 6.45) is 2.70. The lowest BCUT2D eigenvalue weighted by Crippen LogP contribution is -2.34. The molecular formula is C44H46ClN3O8S. The van der Waals surface area contributed by atoms with E-state index in [1.54, 1.807) is 39.5 Å². The Bertz CT molecular complexity index is 2420. The zero-order valence-corrected chi connectivity index (χ0v) is 34.4. The fourth-order valence-electron chi connectivity index (χ4n) is 8.26. The van der Waals surface area contributed by atoms with Crippen LogP contribution in [0.1, 0.15) is 45.5 Å². The van der Waals surface area contributed by atoms with Crippen molar-refractivity contribution in [3.05, 3.63) is 117 Å². The first-order chi connectivity index (χ1) is 27.5. The van der Waals surface area contributed by atoms with Gasteiger partial charge < -0.3 is 28.4 Å². The van der Waals surface area contributed by atoms with Crippen LogP contribution in [0.3, 0.4) is 0 Å². The molecule has 0 saturated heterocycles. The highest BCUT2D eigenvalue weighted by Gasteiger charge is 2.35. The fraction of sp³-hybridized carbons (Fsp3) is 0.318. The molecule has 0 amide bonds. The Kier molecular flexibility index (Phi) is 10.6. The van der Waals surface area contributed by atoms with Gasteiger partial charge in [-0.25, -0.2) is 8.42 Å². The minimum absolute atomic E-state index is 0.0683. The molecule has 0 saturated carbocycles. The van der Waals surface area contributed by atoms with Crippen molar-refractivity contribution in [3.63, 3.8) is 0 Å². The number of likely N-dealkylation sites (N-methyl/N-ethyl adjacent to an activating group) is 2. The second-order valence-electron chi connectivity index (χ2n) is 14.7. The lowest BCUT2D eigenvalue weighted by Gasteiger charge is -2.37. The predicted octanol–water partition coefficient (Wildman–Crippen LogP) is 8.62. The Hall–Kier alpha value is -5.14. The summed E-state index contributed by atoms with van der Waals surface area (Å²) < 4.78 is 68.2. The van der Waals surface area contributed by atoms with E-state index in [9.17, 15) is 8.42 Å². The Labute approximate surface area is 339 Å². The van der Waals surface area contributed by atoms with Crippen molar-refractivity contribution < 1.29 is 36.8 Å². The number of anilines is 1. The number of ether oxygens (including phenoxy) is 6. The van der Waals surface area contributed by atoms with Gasteiger partial charge in [0.25, 0.3) is 10.0 Å². The molecule has 5 aromatic carbocycles. The topological polar surface area (TPSA) is 108 Å². The molecule has 0 fully saturated rings. The molecule has 2 atom stereocenters. The molecule has 13 heteroatoms. The summed E-state index contributed by atoms with van der Waals surface area (Å²) in [5, 5.41) is 0.432. The van der Waals surface area contributed by atoms with Gasteiger partial charge >= 0.3 is 0 Å². The average Bonchev–Trinajstić information content (AvgIpc) is 3.20. The lowest BCUT2D eigenvalue weighted by molar-refractivity contribution is 0.220. The van der Waals surface area contributed by atoms with Crippen LogP contribution in [-0.2, 0) is 35.7 Å². The van der Waals surface area contributed by atoms with Gasteiger partial charge in [-0.05, 0) is 128 Å². The summed E-state index contributed by atoms with van der Waals surface area (Å²) in [6.45, 7) is 1.63. The van der Waals surface area contributed by atoms with E-state index in [2.05, 4.69) is 52.9 Å². The van der Waals surface area contributed by atoms with Crippen LogP contribution in [0.25, 0.3) is 0 Å². The first-order valence-corrected chi connectivity index (χ1v) is 20.7. The summed E-state index contributed by atoms with van der Waals surface area (Å²) in [4.78, 5) is 4.70. The van der Waals surface area contributed by atoms with Gasteiger partial charge in [-0.2, -0.15) is 0 Å². The molecule has 0 unspecified atom stereocenters. The minimum atomic E-state index is -4.05. The highest BCUT2D eigenvalue weighted by molar-refractivity contribution is 7.92. The van der Waals surface area contributed by atoms with Gasteiger partial charge in [-0.15, -0.1) is 0 Å². The van der Waals surface area contributed by atoms with Crippen molar-refractivity contribution in [2.24, 2.45) is 0 Å². The smallest absolute Gasteiger partial charge is 0.261 e. The van der Waals surface area contributed by atoms with E-state index >= 15 is 0 Å². The van der Waals surface area contributed by atoms with Crippen molar-refractivity contribution in [2.75, 3.05) is 60.3 Å². The van der Waals surface area contributed by atoms with Crippen molar-refractivity contribution >= 4 is 27.3 Å². The van der Waals surface area contributed by atoms with Gasteiger partial charge in [0.1, 0.15) is 5.75 Å². The molecule has 9 rings (SSSR count). The van der Waals surface area contributed by atoms with E-state index in [0.717, 1.165) is 49.0 Å². The Morgan fingerprint density at radius 2 is 1.32 bits per heavy atom. The van der Waals surface area contributed by atoms with Crippen LogP contribution < -0.4 is 33.1 Å². The third-order valence-electron chi connectivity index (χ3n) is 11.4. The Morgan fingerprint density at radius 3 is 2.00 bits per heavy atom. The molecule has 0 radical (unpaired) electrons. The SMILES string of the molecule is COc1cc(NS(=O)(=O)c2ccc(Cl)cc2)c2cc1Oc1ccc(cc1)C[C@H]1c3cc(c(OC)cc3CCN1C)Oc1c(OC)c(OC)cc3c1[C@H](C2)N(C)CC3. The monoisotopic (exact) mass is 811 g/mol. The molecule has 298 valence electrons. The summed E-state index contributed by atoms with van der Waals surface area (Å²) in [5.41, 5.74) is 6.46. The second kappa shape index (κ2) is 15.7. The summed E-state index contributed by atoms with van der Waals surface area (Å²) in [5.74, 6) is 4.10. The Morgan fingerprint density at radius 1 is 0.684 bits per heavy atom. The van der Waals surface area contributed by atoms with Crippen LogP contribution in [0.5, 0.6) is 46.0 Å². The van der Waals surface area contributed by atoms with Crippen LogP contribution in [0, 0.1) is 0 Å². The number of halogens is 1. The maximum Gasteiger partial charge on any atom is 0.261 e. The zero-order valence-electron chi connectivity index (χ0n) is 32.8. The summed E-state index contributed by atoms with van der Waals surface area (Å²) in [6, 6.07) is 23.6. The molecule has 57 heavy (non-hydrogen) atoms. The predicted molar refractivity (Wildman–Crippen MR) is 220 cm³/mol. The van der Waals surface area contributed by atoms with Crippen LogP contribution >= 0.6 is 11.6 Å². The number of methoxy groups -OCH3 is 4. The normalized spacial score (nSPS) is 17.9. The van der Waals surface area contributed by atoms with Gasteiger partial charge in [0.2, 0.25) is 5.75 Å². The highest BCUT2D eigenvalue weighted by Crippen LogP contribution is 2.52. The molecule has 11 nitrogen and oxygen atoms in total. The molecule has 0 aliphatic carbocycles. The van der Waals surface area contributed by atoms with Gasteiger partial charge in [0, 0.05) is 41.8 Å². The standard InChI is InChI=1S/C44H46ClN3O8S/c1-47-17-15-27-21-37(51-3)40-24-33(27)35(47)19-26-7-11-31(12-8-26)55-39-23-29(34(25-38(39)52-4)46-57(49,50)32-13-9-30(45)10-14-32)20-36-42-28(16-18-48(36)2)22-41(53-5)43(54-6)44(42)56-40/h7-14,21-25,35-36,46H,15-20H2,1-6H3/t35-,36-/m0/s1. The van der Waals surface area contributed by atoms with E-state index in [0.29, 0.717) is 68.7 Å². The number of hydrogen-bond acceptors (Lipinski definition) is 10. The molecule has 4 heterocycles. The number of sulfonamides is 1. The quantitative estimate of drug-likeness (QED) is 0.172. The van der Waals surface area contributed by atoms with Gasteiger partial charge in [0.15, 0.2) is 34.5 Å². The van der Waals surface area contributed by atoms with E-state index < -0.39 is 10.0 Å². The summed E-state index contributed by atoms with van der Waals surface area (Å²) in [7, 11) is 6.58. The maximum atomic E-state index is 13.9. The third-order valence-corrected chi connectivity index (χ3v) is 13.0. The molecule has 0 aromatic heterocycles. The van der Waals surface area contributed by atoms with E-state index in [1.807, 2.05) is 24.3 Å². The van der Waals surface area contributed by atoms with E-state index in [-0.39, 0.29) is 17.0 Å². The van der Waals surface area contributed by atoms with Gasteiger partial charge in [-0.3, -0.25) is 14.5 Å². The highest BCUT2D eigenvalue weighted by atomic mass is 35.5. The number of nitrogens with zero attached hydrogens (tertiary/aromatic N) is 2. The molecule has 5 aromatic rings. The molecule has 4 aliphatic rings. The molecule has 4 aliphatic heterocycles. The van der Waals surface area contributed by atoms with E-state index in [1.165, 1.54) is 30.4 Å². The molecular weight excluding hydrogens is 766 g/mol. The van der Waals surface area contributed by atoms with Crippen LogP contribution in [-0.4, -0.2) is 73.8 Å². The van der Waals surface area contributed by atoms with Crippen molar-refractivity contribution in [3.8, 4) is 46.0 Å². The molecule has 1 N–H and O–H groups in total. The number of rotatable bonds is 7. The first-order valence-electron chi connectivity index (χ1n) is 18.8. The minimum Gasteiger partial charge on any atom is -0.493 e. The van der Waals surface area contributed by atoms with Crippen LogP contribution in [0.4, 0.5) is 5.69 Å². The van der Waals surface area contributed by atoms with Crippen LogP contribution in [0.2, 0.25) is 5.02 Å². The number of fused-ring (bicyclic) bond motifs is 2. The number of hydrogen-bond donors (Lipinski definition) is 1. The van der Waals surface area contributed by atoms with Gasteiger partial charge in [-0.1, -0.05) is 23.7 Å². The number of nitrogens with one attached hydrogen (secondary N) is 1. The molecule has 6 bridgehead atoms.